The van der Waals surface area contributed by atoms with Gasteiger partial charge in [0.15, 0.2) is 0 Å². The maximum absolute atomic E-state index is 12.7. The monoisotopic (exact) mass is 260 g/mol. The molecule has 2 aromatic carbocycles. The van der Waals surface area contributed by atoms with Crippen LogP contribution in [0.2, 0.25) is 0 Å². The zero-order valence-electron chi connectivity index (χ0n) is 10.9. The number of nitrogens with zero attached hydrogens (tertiary/aromatic N) is 1. The van der Waals surface area contributed by atoms with Crippen LogP contribution in [0.5, 0.6) is 0 Å². The third kappa shape index (κ3) is 2.36. The van der Waals surface area contributed by atoms with Gasteiger partial charge in [-0.3, -0.25) is 0 Å². The minimum atomic E-state index is -0.0209. The molecule has 1 aliphatic carbocycles. The number of hydrogen-bond donors (Lipinski definition) is 0. The Hall–Kier alpha value is -2.74. The van der Waals surface area contributed by atoms with Crippen LogP contribution in [0.4, 0.5) is 11.4 Å². The zero-order valence-corrected chi connectivity index (χ0v) is 10.9. The molecule has 3 rings (SSSR count). The molecule has 98 valence electrons. The van der Waals surface area contributed by atoms with Gasteiger partial charge in [-0.05, 0) is 35.7 Å². The van der Waals surface area contributed by atoms with Crippen LogP contribution in [0.3, 0.4) is 0 Å². The Morgan fingerprint density at radius 3 is 1.60 bits per heavy atom. The molecule has 0 radical (unpaired) electrons. The highest BCUT2D eigenvalue weighted by Gasteiger charge is 2.10. The molecule has 0 amide bonds. The van der Waals surface area contributed by atoms with Crippen LogP contribution >= 0.6 is 0 Å². The van der Waals surface area contributed by atoms with Gasteiger partial charge in [0.2, 0.25) is 0 Å². The van der Waals surface area contributed by atoms with Crippen molar-refractivity contribution in [3.8, 4) is 0 Å². The lowest BCUT2D eigenvalue weighted by atomic mass is 10.2. The summed E-state index contributed by atoms with van der Waals surface area (Å²) in [6.45, 7) is 0. The molecule has 0 spiro atoms. The second-order valence-electron chi connectivity index (χ2n) is 4.49. The van der Waals surface area contributed by atoms with E-state index in [0.717, 1.165) is 11.4 Å². The predicted molar refractivity (Wildman–Crippen MR) is 80.3 cm³/mol. The molecule has 20 heavy (non-hydrogen) atoms. The lowest BCUT2D eigenvalue weighted by Gasteiger charge is -2.32. The lowest BCUT2D eigenvalue weighted by Crippen LogP contribution is -2.26. The van der Waals surface area contributed by atoms with Crippen LogP contribution in [0, 0.1) is 0 Å². The summed E-state index contributed by atoms with van der Waals surface area (Å²) in [5.41, 5.74) is 2.42. The predicted octanol–water partition coefficient (Wildman–Crippen LogP) is 3.52. The molecule has 0 atom stereocenters. The molecule has 0 heterocycles. The molecule has 0 N–H and O–H groups in total. The van der Waals surface area contributed by atoms with Crippen molar-refractivity contribution in [1.82, 2.24) is 0 Å². The normalized spacial score (nSPS) is 12.7. The SMILES string of the molecule is [O-]C(=C1C=CC=C1)N(c1ccccc1)c1ccccc1. The van der Waals surface area contributed by atoms with Crippen LogP contribution in [0.25, 0.3) is 0 Å². The van der Waals surface area contributed by atoms with E-state index in [-0.39, 0.29) is 5.88 Å². The largest absolute Gasteiger partial charge is 0.859 e. The molecule has 0 unspecified atom stereocenters. The molecule has 0 aromatic heterocycles. The van der Waals surface area contributed by atoms with Gasteiger partial charge >= 0.3 is 0 Å². The smallest absolute Gasteiger partial charge is 0.0448 e. The summed E-state index contributed by atoms with van der Waals surface area (Å²) in [4.78, 5) is 1.73. The van der Waals surface area contributed by atoms with Crippen LogP contribution in [-0.2, 0) is 0 Å². The van der Waals surface area contributed by atoms with Gasteiger partial charge in [0.1, 0.15) is 0 Å². The Morgan fingerprint density at radius 2 is 1.15 bits per heavy atom. The van der Waals surface area contributed by atoms with Gasteiger partial charge < -0.3 is 10.0 Å². The zero-order chi connectivity index (χ0) is 13.8. The highest BCUT2D eigenvalue weighted by Crippen LogP contribution is 2.29. The van der Waals surface area contributed by atoms with Crippen molar-refractivity contribution in [2.75, 3.05) is 4.90 Å². The van der Waals surface area contributed by atoms with Crippen LogP contribution in [0.1, 0.15) is 0 Å². The molecule has 2 heteroatoms. The number of allylic oxidation sites excluding steroid dienone is 5. The minimum absolute atomic E-state index is 0.0209. The van der Waals surface area contributed by atoms with Crippen LogP contribution in [-0.4, -0.2) is 0 Å². The van der Waals surface area contributed by atoms with E-state index >= 15 is 0 Å². The van der Waals surface area contributed by atoms with Crippen molar-refractivity contribution in [3.63, 3.8) is 0 Å². The molecule has 0 saturated carbocycles. The maximum Gasteiger partial charge on any atom is 0.0448 e. The van der Waals surface area contributed by atoms with Gasteiger partial charge in [-0.25, -0.2) is 0 Å². The minimum Gasteiger partial charge on any atom is -0.859 e. The molecule has 2 aromatic rings. The van der Waals surface area contributed by atoms with Crippen LogP contribution < -0.4 is 10.0 Å². The van der Waals surface area contributed by atoms with Crippen molar-refractivity contribution in [2.24, 2.45) is 0 Å². The Labute approximate surface area is 118 Å². The highest BCUT2D eigenvalue weighted by atomic mass is 16.3. The average Bonchev–Trinajstić information content (AvgIpc) is 3.04. The van der Waals surface area contributed by atoms with Crippen molar-refractivity contribution in [1.29, 1.82) is 0 Å². The van der Waals surface area contributed by atoms with E-state index in [4.69, 9.17) is 0 Å². The molecule has 0 fully saturated rings. The summed E-state index contributed by atoms with van der Waals surface area (Å²) < 4.78 is 0. The maximum atomic E-state index is 12.7. The number of para-hydroxylation sites is 2. The first-order valence-electron chi connectivity index (χ1n) is 6.52. The second kappa shape index (κ2) is 5.49. The van der Waals surface area contributed by atoms with Gasteiger partial charge in [0, 0.05) is 11.4 Å². The Kier molecular flexibility index (Phi) is 3.38. The average molecular weight is 260 g/mol. The quantitative estimate of drug-likeness (QED) is 0.789. The molecule has 0 saturated heterocycles. The van der Waals surface area contributed by atoms with Gasteiger partial charge in [0.05, 0.1) is 0 Å². The molecule has 2 nitrogen and oxygen atoms in total. The fraction of sp³-hybridized carbons (Fsp3) is 0. The third-order valence-electron chi connectivity index (χ3n) is 3.14. The van der Waals surface area contributed by atoms with Crippen molar-refractivity contribution >= 4 is 11.4 Å². The van der Waals surface area contributed by atoms with Gasteiger partial charge in [-0.2, -0.15) is 0 Å². The van der Waals surface area contributed by atoms with Crippen molar-refractivity contribution < 1.29 is 5.11 Å². The molecule has 0 aliphatic heterocycles. The van der Waals surface area contributed by atoms with E-state index in [9.17, 15) is 5.11 Å². The fourth-order valence-electron chi connectivity index (χ4n) is 2.18. The van der Waals surface area contributed by atoms with E-state index in [1.807, 2.05) is 85.0 Å². The summed E-state index contributed by atoms with van der Waals surface area (Å²) >= 11 is 0. The summed E-state index contributed by atoms with van der Waals surface area (Å²) in [5.74, 6) is -0.0209. The summed E-state index contributed by atoms with van der Waals surface area (Å²) in [6.07, 6.45) is 7.42. The topological polar surface area (TPSA) is 26.3 Å². The number of rotatable bonds is 3. The number of benzene rings is 2. The summed E-state index contributed by atoms with van der Waals surface area (Å²) in [5, 5.41) is 12.7. The number of hydrogen-bond acceptors (Lipinski definition) is 2. The van der Waals surface area contributed by atoms with E-state index in [1.54, 1.807) is 4.90 Å². The molecule has 0 bridgehead atoms. The first-order chi connectivity index (χ1) is 9.86. The Morgan fingerprint density at radius 1 is 0.700 bits per heavy atom. The standard InChI is InChI=1S/C18H15NO/c20-18(15-9-7-8-10-15)19(16-11-3-1-4-12-16)17-13-5-2-6-14-17/h1-14,20H/p-1. The molecular weight excluding hydrogens is 246 g/mol. The van der Waals surface area contributed by atoms with Crippen molar-refractivity contribution in [2.45, 2.75) is 0 Å². The summed E-state index contributed by atoms with van der Waals surface area (Å²) in [6, 6.07) is 19.4. The molecular formula is C18H14NO-. The van der Waals surface area contributed by atoms with E-state index in [2.05, 4.69) is 0 Å². The fourth-order valence-corrected chi connectivity index (χ4v) is 2.18. The first kappa shape index (κ1) is 12.3. The van der Waals surface area contributed by atoms with Gasteiger partial charge in [-0.1, -0.05) is 60.7 Å². The highest BCUT2D eigenvalue weighted by molar-refractivity contribution is 5.68. The Balaban J connectivity index is 2.12. The first-order valence-corrected chi connectivity index (χ1v) is 6.52. The molecule has 1 aliphatic rings. The Bertz CT molecular complexity index is 616. The van der Waals surface area contributed by atoms with Crippen molar-refractivity contribution in [3.05, 3.63) is 96.4 Å². The van der Waals surface area contributed by atoms with Gasteiger partial charge in [-0.15, -0.1) is 0 Å². The van der Waals surface area contributed by atoms with E-state index in [0.29, 0.717) is 5.57 Å². The van der Waals surface area contributed by atoms with E-state index in [1.165, 1.54) is 0 Å². The third-order valence-corrected chi connectivity index (χ3v) is 3.14. The van der Waals surface area contributed by atoms with Crippen LogP contribution in [0.15, 0.2) is 96.4 Å². The van der Waals surface area contributed by atoms with E-state index < -0.39 is 0 Å². The number of anilines is 2. The second-order valence-corrected chi connectivity index (χ2v) is 4.49. The van der Waals surface area contributed by atoms with Gasteiger partial charge in [0.25, 0.3) is 0 Å². The lowest BCUT2D eigenvalue weighted by molar-refractivity contribution is -0.304. The summed E-state index contributed by atoms with van der Waals surface area (Å²) in [7, 11) is 0.